The van der Waals surface area contributed by atoms with E-state index in [4.69, 9.17) is 4.74 Å². The summed E-state index contributed by atoms with van der Waals surface area (Å²) in [6.45, 7) is 9.12. The highest BCUT2D eigenvalue weighted by molar-refractivity contribution is 5.39. The van der Waals surface area contributed by atoms with E-state index in [1.807, 2.05) is 42.9 Å². The number of nitrogens with one attached hydrogen (secondary N) is 1. The van der Waals surface area contributed by atoms with Crippen molar-refractivity contribution in [2.75, 3.05) is 0 Å². The Morgan fingerprint density at radius 3 is 2.66 bits per heavy atom. The van der Waals surface area contributed by atoms with Crippen LogP contribution in [0.4, 0.5) is 4.39 Å². The molecule has 0 aliphatic heterocycles. The van der Waals surface area contributed by atoms with Crippen LogP contribution in [-0.2, 0) is 19.6 Å². The number of ether oxygens (including phenoxy) is 1. The highest BCUT2D eigenvalue weighted by Gasteiger charge is 2.35. The second kappa shape index (κ2) is 9.04. The summed E-state index contributed by atoms with van der Waals surface area (Å²) < 4.78 is 21.1. The quantitative estimate of drug-likeness (QED) is 0.540. The molecule has 0 bridgehead atoms. The van der Waals surface area contributed by atoms with Gasteiger partial charge in [-0.1, -0.05) is 19.9 Å². The predicted octanol–water partition coefficient (Wildman–Crippen LogP) is 5.09. The standard InChI is InChI=1S/C26H32FN3O2/c1-17(2)32-25-10-5-18(11-19(25)16-31)14-28-23-12-26(3,4)13-24-22(23)15-29-30(24)21-8-6-20(27)7-9-21/h5-11,15,17,23,28,31H,12-14,16H2,1-4H3. The van der Waals surface area contributed by atoms with Crippen LogP contribution >= 0.6 is 0 Å². The average molecular weight is 438 g/mol. The van der Waals surface area contributed by atoms with Crippen LogP contribution in [-0.4, -0.2) is 21.0 Å². The zero-order chi connectivity index (χ0) is 22.9. The minimum atomic E-state index is -0.248. The lowest BCUT2D eigenvalue weighted by atomic mass is 9.74. The SMILES string of the molecule is CC(C)Oc1ccc(CNC2CC(C)(C)Cc3c2cnn3-c2ccc(F)cc2)cc1CO. The maximum atomic E-state index is 13.4. The molecule has 1 unspecified atom stereocenters. The number of halogens is 1. The van der Waals surface area contributed by atoms with Crippen LogP contribution in [0.15, 0.2) is 48.7 Å². The lowest BCUT2D eigenvalue weighted by Crippen LogP contribution is -2.33. The maximum Gasteiger partial charge on any atom is 0.125 e. The topological polar surface area (TPSA) is 59.3 Å². The summed E-state index contributed by atoms with van der Waals surface area (Å²) in [5, 5.41) is 18.1. The van der Waals surface area contributed by atoms with E-state index in [2.05, 4.69) is 24.3 Å². The monoisotopic (exact) mass is 437 g/mol. The Hall–Kier alpha value is -2.70. The summed E-state index contributed by atoms with van der Waals surface area (Å²) in [5.74, 6) is 0.481. The van der Waals surface area contributed by atoms with Crippen LogP contribution in [0.5, 0.6) is 5.75 Å². The molecule has 0 radical (unpaired) electrons. The van der Waals surface area contributed by atoms with Gasteiger partial charge in [-0.2, -0.15) is 5.10 Å². The summed E-state index contributed by atoms with van der Waals surface area (Å²) in [6.07, 6.45) is 3.90. The number of rotatable bonds is 7. The van der Waals surface area contributed by atoms with E-state index < -0.39 is 0 Å². The van der Waals surface area contributed by atoms with Gasteiger partial charge in [0, 0.05) is 29.4 Å². The van der Waals surface area contributed by atoms with Crippen molar-refractivity contribution in [2.45, 2.75) is 65.8 Å². The van der Waals surface area contributed by atoms with Crippen molar-refractivity contribution in [3.63, 3.8) is 0 Å². The molecular weight excluding hydrogens is 405 g/mol. The van der Waals surface area contributed by atoms with Gasteiger partial charge < -0.3 is 15.2 Å². The molecule has 0 amide bonds. The van der Waals surface area contributed by atoms with Crippen molar-refractivity contribution >= 4 is 0 Å². The van der Waals surface area contributed by atoms with Crippen LogP contribution < -0.4 is 10.1 Å². The Labute approximate surface area is 189 Å². The molecule has 1 heterocycles. The second-order valence-electron chi connectivity index (χ2n) is 9.68. The highest BCUT2D eigenvalue weighted by Crippen LogP contribution is 2.41. The highest BCUT2D eigenvalue weighted by atomic mass is 19.1. The zero-order valence-corrected chi connectivity index (χ0v) is 19.2. The molecule has 1 aliphatic rings. The van der Waals surface area contributed by atoms with Gasteiger partial charge in [-0.25, -0.2) is 9.07 Å². The smallest absolute Gasteiger partial charge is 0.125 e. The molecule has 3 aromatic rings. The summed E-state index contributed by atoms with van der Waals surface area (Å²) in [4.78, 5) is 0. The van der Waals surface area contributed by atoms with E-state index >= 15 is 0 Å². The Morgan fingerprint density at radius 2 is 1.97 bits per heavy atom. The lowest BCUT2D eigenvalue weighted by Gasteiger charge is -2.36. The average Bonchev–Trinajstić information content (AvgIpc) is 3.15. The molecule has 0 saturated heterocycles. The van der Waals surface area contributed by atoms with E-state index in [9.17, 15) is 9.50 Å². The second-order valence-corrected chi connectivity index (χ2v) is 9.68. The molecule has 2 aromatic carbocycles. The number of hydrogen-bond acceptors (Lipinski definition) is 4. The van der Waals surface area contributed by atoms with Gasteiger partial charge >= 0.3 is 0 Å². The fourth-order valence-electron chi connectivity index (χ4n) is 4.51. The van der Waals surface area contributed by atoms with Crippen molar-refractivity contribution in [1.82, 2.24) is 15.1 Å². The van der Waals surface area contributed by atoms with Crippen molar-refractivity contribution in [1.29, 1.82) is 0 Å². The van der Waals surface area contributed by atoms with Gasteiger partial charge in [-0.05, 0) is 74.1 Å². The number of fused-ring (bicyclic) bond motifs is 1. The van der Waals surface area contributed by atoms with E-state index in [-0.39, 0.29) is 30.0 Å². The molecule has 170 valence electrons. The lowest BCUT2D eigenvalue weighted by molar-refractivity contribution is 0.225. The number of aliphatic hydroxyl groups excluding tert-OH is 1. The first kappa shape index (κ1) is 22.5. The van der Waals surface area contributed by atoms with Gasteiger partial charge in [-0.15, -0.1) is 0 Å². The molecule has 0 saturated carbocycles. The first-order valence-electron chi connectivity index (χ1n) is 11.2. The third-order valence-corrected chi connectivity index (χ3v) is 5.96. The van der Waals surface area contributed by atoms with Crippen molar-refractivity contribution in [3.05, 3.63) is 76.9 Å². The molecule has 0 spiro atoms. The first-order chi connectivity index (χ1) is 15.3. The Balaban J connectivity index is 1.56. The maximum absolute atomic E-state index is 13.4. The Bertz CT molecular complexity index is 1070. The van der Waals surface area contributed by atoms with Crippen LogP contribution in [0.3, 0.4) is 0 Å². The molecule has 2 N–H and O–H groups in total. The van der Waals surface area contributed by atoms with Crippen molar-refractivity contribution < 1.29 is 14.2 Å². The van der Waals surface area contributed by atoms with E-state index in [0.717, 1.165) is 35.4 Å². The summed E-state index contributed by atoms with van der Waals surface area (Å²) in [5.41, 5.74) is 5.23. The zero-order valence-electron chi connectivity index (χ0n) is 19.2. The van der Waals surface area contributed by atoms with Crippen molar-refractivity contribution in [2.24, 2.45) is 5.41 Å². The number of aromatic nitrogens is 2. The first-order valence-corrected chi connectivity index (χ1v) is 11.2. The molecule has 1 aromatic heterocycles. The number of hydrogen-bond donors (Lipinski definition) is 2. The molecule has 5 nitrogen and oxygen atoms in total. The normalized spacial score (nSPS) is 17.4. The van der Waals surface area contributed by atoms with E-state index in [1.54, 1.807) is 12.1 Å². The Morgan fingerprint density at radius 1 is 1.22 bits per heavy atom. The third kappa shape index (κ3) is 4.87. The molecule has 1 atom stereocenters. The minimum absolute atomic E-state index is 0.0546. The molecule has 32 heavy (non-hydrogen) atoms. The Kier molecular flexibility index (Phi) is 6.35. The van der Waals surface area contributed by atoms with Gasteiger partial charge in [0.2, 0.25) is 0 Å². The van der Waals surface area contributed by atoms with Gasteiger partial charge in [0.1, 0.15) is 11.6 Å². The fourth-order valence-corrected chi connectivity index (χ4v) is 4.51. The number of aliphatic hydroxyl groups is 1. The van der Waals surface area contributed by atoms with Gasteiger partial charge in [0.15, 0.2) is 0 Å². The van der Waals surface area contributed by atoms with Crippen molar-refractivity contribution in [3.8, 4) is 11.4 Å². The number of benzene rings is 2. The van der Waals surface area contributed by atoms with E-state index in [0.29, 0.717) is 6.54 Å². The minimum Gasteiger partial charge on any atom is -0.491 e. The number of nitrogens with zero attached hydrogens (tertiary/aromatic N) is 2. The molecule has 6 heteroatoms. The molecule has 0 fully saturated rings. The summed E-state index contributed by atoms with van der Waals surface area (Å²) in [7, 11) is 0. The van der Waals surface area contributed by atoms with E-state index in [1.165, 1.54) is 23.4 Å². The molecule has 4 rings (SSSR count). The van der Waals surface area contributed by atoms with Gasteiger partial charge in [0.25, 0.3) is 0 Å². The largest absolute Gasteiger partial charge is 0.491 e. The van der Waals surface area contributed by atoms with Gasteiger partial charge in [-0.3, -0.25) is 0 Å². The van der Waals surface area contributed by atoms with Crippen LogP contribution in [0.1, 0.15) is 62.5 Å². The summed E-state index contributed by atoms with van der Waals surface area (Å²) >= 11 is 0. The van der Waals surface area contributed by atoms with Crippen LogP contribution in [0.25, 0.3) is 5.69 Å². The van der Waals surface area contributed by atoms with Crippen LogP contribution in [0.2, 0.25) is 0 Å². The molecular formula is C26H32FN3O2. The fraction of sp³-hybridized carbons (Fsp3) is 0.423. The van der Waals surface area contributed by atoms with Gasteiger partial charge in [0.05, 0.1) is 24.6 Å². The predicted molar refractivity (Wildman–Crippen MR) is 123 cm³/mol. The summed E-state index contributed by atoms with van der Waals surface area (Å²) in [6, 6.07) is 12.6. The van der Waals surface area contributed by atoms with Crippen LogP contribution in [0, 0.1) is 11.2 Å². The molecule has 1 aliphatic carbocycles. The third-order valence-electron chi connectivity index (χ3n) is 5.96.